The molecular formula is C17H26N2O. The summed E-state index contributed by atoms with van der Waals surface area (Å²) in [5.41, 5.74) is 2.47. The van der Waals surface area contributed by atoms with E-state index < -0.39 is 0 Å². The highest BCUT2D eigenvalue weighted by atomic mass is 16.3. The molecule has 0 bridgehead atoms. The molecule has 2 atom stereocenters. The van der Waals surface area contributed by atoms with Gasteiger partial charge in [0.2, 0.25) is 0 Å². The Balaban J connectivity index is 1.60. The Labute approximate surface area is 122 Å². The molecule has 110 valence electrons. The quantitative estimate of drug-likeness (QED) is 0.912. The van der Waals surface area contributed by atoms with E-state index in [2.05, 4.69) is 41.8 Å². The highest BCUT2D eigenvalue weighted by molar-refractivity contribution is 5.35. The molecule has 3 rings (SSSR count). The Morgan fingerprint density at radius 2 is 1.85 bits per heavy atom. The summed E-state index contributed by atoms with van der Waals surface area (Å²) >= 11 is 0. The molecule has 1 N–H and O–H groups in total. The first-order chi connectivity index (χ1) is 9.65. The molecule has 0 amide bonds. The highest BCUT2D eigenvalue weighted by Gasteiger charge is 2.35. The minimum Gasteiger partial charge on any atom is -0.387 e. The summed E-state index contributed by atoms with van der Waals surface area (Å²) in [5.74, 6) is 0.739. The topological polar surface area (TPSA) is 26.7 Å². The van der Waals surface area contributed by atoms with Gasteiger partial charge in [0.15, 0.2) is 0 Å². The molecule has 1 saturated heterocycles. The molecule has 3 heteroatoms. The third-order valence-corrected chi connectivity index (χ3v) is 4.67. The first-order valence-electron chi connectivity index (χ1n) is 7.87. The van der Waals surface area contributed by atoms with Gasteiger partial charge in [0.05, 0.1) is 6.10 Å². The zero-order valence-corrected chi connectivity index (χ0v) is 12.6. The van der Waals surface area contributed by atoms with Gasteiger partial charge in [-0.3, -0.25) is 4.90 Å². The molecule has 2 unspecified atom stereocenters. The van der Waals surface area contributed by atoms with E-state index in [1.54, 1.807) is 0 Å². The number of aliphatic hydroxyl groups excluding tert-OH is 1. The van der Waals surface area contributed by atoms with Crippen LogP contribution in [0.4, 0.5) is 0 Å². The number of piperazine rings is 1. The van der Waals surface area contributed by atoms with Crippen LogP contribution in [0.5, 0.6) is 0 Å². The minimum absolute atomic E-state index is 0.286. The number of rotatable bonds is 3. The molecular weight excluding hydrogens is 248 g/mol. The van der Waals surface area contributed by atoms with Gasteiger partial charge in [-0.15, -0.1) is 0 Å². The third-order valence-electron chi connectivity index (χ3n) is 4.67. The van der Waals surface area contributed by atoms with Crippen LogP contribution in [0.25, 0.3) is 0 Å². The number of aliphatic hydroxyl groups is 1. The molecule has 3 nitrogen and oxygen atoms in total. The van der Waals surface area contributed by atoms with Gasteiger partial charge in [-0.25, -0.2) is 0 Å². The van der Waals surface area contributed by atoms with Gasteiger partial charge in [-0.1, -0.05) is 38.1 Å². The second-order valence-corrected chi connectivity index (χ2v) is 6.65. The Hall–Kier alpha value is -0.900. The maximum absolute atomic E-state index is 10.5. The smallest absolute Gasteiger partial charge is 0.0951 e. The van der Waals surface area contributed by atoms with Crippen LogP contribution < -0.4 is 0 Å². The first kappa shape index (κ1) is 14.1. The maximum Gasteiger partial charge on any atom is 0.0951 e. The summed E-state index contributed by atoms with van der Waals surface area (Å²) in [6, 6.07) is 8.64. The molecule has 1 aromatic carbocycles. The first-order valence-corrected chi connectivity index (χ1v) is 7.87. The van der Waals surface area contributed by atoms with Crippen molar-refractivity contribution >= 4 is 0 Å². The van der Waals surface area contributed by atoms with Crippen molar-refractivity contribution in [3.05, 3.63) is 35.4 Å². The number of hydrogen-bond acceptors (Lipinski definition) is 3. The average molecular weight is 274 g/mol. The Bertz CT molecular complexity index is 452. The Kier molecular flexibility index (Phi) is 4.11. The zero-order valence-electron chi connectivity index (χ0n) is 12.6. The molecule has 0 aromatic heterocycles. The fourth-order valence-electron chi connectivity index (χ4n) is 3.68. The Morgan fingerprint density at radius 3 is 2.50 bits per heavy atom. The van der Waals surface area contributed by atoms with Crippen molar-refractivity contribution in [2.45, 2.75) is 32.4 Å². The molecule has 20 heavy (non-hydrogen) atoms. The SMILES string of the molecule is CC(C)CN1CCN(C2Cc3ccccc3C2O)CC1. The second-order valence-electron chi connectivity index (χ2n) is 6.65. The van der Waals surface area contributed by atoms with Crippen LogP contribution in [0.2, 0.25) is 0 Å². The van der Waals surface area contributed by atoms with Gasteiger partial charge in [0.25, 0.3) is 0 Å². The molecule has 0 radical (unpaired) electrons. The third kappa shape index (κ3) is 2.76. The number of fused-ring (bicyclic) bond motifs is 1. The van der Waals surface area contributed by atoms with E-state index in [9.17, 15) is 5.11 Å². The normalized spacial score (nSPS) is 28.0. The summed E-state index contributed by atoms with van der Waals surface area (Å²) in [6.07, 6.45) is 0.699. The van der Waals surface area contributed by atoms with Crippen LogP contribution in [-0.2, 0) is 6.42 Å². The summed E-state index contributed by atoms with van der Waals surface area (Å²) in [4.78, 5) is 5.04. The molecule has 1 heterocycles. The summed E-state index contributed by atoms with van der Waals surface area (Å²) < 4.78 is 0. The van der Waals surface area contributed by atoms with Crippen LogP contribution in [-0.4, -0.2) is 53.7 Å². The monoisotopic (exact) mass is 274 g/mol. The largest absolute Gasteiger partial charge is 0.387 e. The second kappa shape index (κ2) is 5.84. The van der Waals surface area contributed by atoms with E-state index in [0.29, 0.717) is 0 Å². The maximum atomic E-state index is 10.5. The lowest BCUT2D eigenvalue weighted by molar-refractivity contribution is 0.0252. The van der Waals surface area contributed by atoms with Gasteiger partial charge in [0, 0.05) is 38.8 Å². The van der Waals surface area contributed by atoms with Crippen LogP contribution in [0, 0.1) is 5.92 Å². The van der Waals surface area contributed by atoms with Gasteiger partial charge in [0.1, 0.15) is 0 Å². The van der Waals surface area contributed by atoms with E-state index in [4.69, 9.17) is 0 Å². The summed E-state index contributed by atoms with van der Waals surface area (Å²) in [5, 5.41) is 10.5. The molecule has 1 aromatic rings. The molecule has 1 fully saturated rings. The highest BCUT2D eigenvalue weighted by Crippen LogP contribution is 2.34. The van der Waals surface area contributed by atoms with E-state index in [1.165, 1.54) is 12.1 Å². The van der Waals surface area contributed by atoms with Gasteiger partial charge < -0.3 is 10.0 Å². The van der Waals surface area contributed by atoms with Gasteiger partial charge in [-0.05, 0) is 23.5 Å². The van der Waals surface area contributed by atoms with Crippen molar-refractivity contribution in [2.24, 2.45) is 5.92 Å². The van der Waals surface area contributed by atoms with Crippen molar-refractivity contribution in [2.75, 3.05) is 32.7 Å². The molecule has 1 aliphatic carbocycles. The van der Waals surface area contributed by atoms with E-state index in [-0.39, 0.29) is 12.1 Å². The fourth-order valence-corrected chi connectivity index (χ4v) is 3.68. The fraction of sp³-hybridized carbons (Fsp3) is 0.647. The van der Waals surface area contributed by atoms with E-state index >= 15 is 0 Å². The average Bonchev–Trinajstić information content (AvgIpc) is 2.77. The number of benzene rings is 1. The van der Waals surface area contributed by atoms with E-state index in [0.717, 1.165) is 44.1 Å². The van der Waals surface area contributed by atoms with Gasteiger partial charge >= 0.3 is 0 Å². The zero-order chi connectivity index (χ0) is 14.1. The van der Waals surface area contributed by atoms with E-state index in [1.807, 2.05) is 6.07 Å². The Morgan fingerprint density at radius 1 is 1.15 bits per heavy atom. The van der Waals surface area contributed by atoms with Crippen molar-refractivity contribution in [1.82, 2.24) is 9.80 Å². The van der Waals surface area contributed by atoms with Crippen LogP contribution in [0.3, 0.4) is 0 Å². The van der Waals surface area contributed by atoms with Crippen LogP contribution >= 0.6 is 0 Å². The summed E-state index contributed by atoms with van der Waals surface area (Å²) in [6.45, 7) is 10.2. The lowest BCUT2D eigenvalue weighted by atomic mass is 10.1. The standard InChI is InChI=1S/C17H26N2O/c1-13(2)12-18-7-9-19(10-8-18)16-11-14-5-3-4-6-15(14)17(16)20/h3-6,13,16-17,20H,7-12H2,1-2H3. The number of hydrogen-bond donors (Lipinski definition) is 1. The molecule has 1 aliphatic heterocycles. The predicted molar refractivity (Wildman–Crippen MR) is 81.7 cm³/mol. The minimum atomic E-state index is -0.303. The molecule has 0 saturated carbocycles. The molecule has 2 aliphatic rings. The predicted octanol–water partition coefficient (Wildman–Crippen LogP) is 1.92. The number of nitrogens with zero attached hydrogens (tertiary/aromatic N) is 2. The van der Waals surface area contributed by atoms with Crippen molar-refractivity contribution in [1.29, 1.82) is 0 Å². The van der Waals surface area contributed by atoms with Crippen molar-refractivity contribution in [3.63, 3.8) is 0 Å². The van der Waals surface area contributed by atoms with Crippen molar-refractivity contribution in [3.8, 4) is 0 Å². The lowest BCUT2D eigenvalue weighted by Crippen LogP contribution is -2.52. The van der Waals surface area contributed by atoms with Crippen LogP contribution in [0.1, 0.15) is 31.1 Å². The molecule has 0 spiro atoms. The summed E-state index contributed by atoms with van der Waals surface area (Å²) in [7, 11) is 0. The van der Waals surface area contributed by atoms with Crippen molar-refractivity contribution < 1.29 is 5.11 Å². The lowest BCUT2D eigenvalue weighted by Gasteiger charge is -2.39. The van der Waals surface area contributed by atoms with Gasteiger partial charge in [-0.2, -0.15) is 0 Å². The van der Waals surface area contributed by atoms with Crippen LogP contribution in [0.15, 0.2) is 24.3 Å².